The van der Waals surface area contributed by atoms with Crippen molar-refractivity contribution in [2.75, 3.05) is 13.1 Å². The molecule has 3 rings (SSSR count). The number of halogens is 3. The molecule has 2 atom stereocenters. The Balaban J connectivity index is 1.67. The molecule has 0 bridgehead atoms. The van der Waals surface area contributed by atoms with Gasteiger partial charge in [-0.25, -0.2) is 0 Å². The highest BCUT2D eigenvalue weighted by molar-refractivity contribution is 5.95. The fraction of sp³-hybridized carbons (Fsp3) is 0.556. The van der Waals surface area contributed by atoms with Crippen LogP contribution in [0.15, 0.2) is 24.3 Å². The number of hydrogen-bond acceptors (Lipinski definition) is 2. The second kappa shape index (κ2) is 6.35. The number of fused-ring (bicyclic) bond motifs is 1. The van der Waals surface area contributed by atoms with Crippen molar-refractivity contribution in [1.29, 1.82) is 0 Å². The zero-order valence-electron chi connectivity index (χ0n) is 13.7. The molecule has 1 aliphatic carbocycles. The smallest absolute Gasteiger partial charge is 0.389 e. The van der Waals surface area contributed by atoms with Crippen LogP contribution in [0, 0.1) is 11.3 Å². The highest BCUT2D eigenvalue weighted by Gasteiger charge is 2.55. The van der Waals surface area contributed by atoms with Gasteiger partial charge in [-0.1, -0.05) is 18.6 Å². The normalized spacial score (nSPS) is 25.9. The second-order valence-corrected chi connectivity index (χ2v) is 7.05. The zero-order valence-corrected chi connectivity index (χ0v) is 13.7. The number of carbonyl (C=O) groups excluding carboxylic acids is 1. The highest BCUT2D eigenvalue weighted by Crippen LogP contribution is 2.49. The molecule has 1 saturated heterocycles. The number of aryl methyl sites for hydroxylation is 1. The lowest BCUT2D eigenvalue weighted by atomic mass is 9.81. The van der Waals surface area contributed by atoms with Crippen LogP contribution in [0.2, 0.25) is 0 Å². The molecule has 1 heterocycles. The van der Waals surface area contributed by atoms with Gasteiger partial charge in [0.1, 0.15) is 0 Å². The van der Waals surface area contributed by atoms with Crippen LogP contribution in [-0.2, 0) is 11.2 Å². The fourth-order valence-corrected chi connectivity index (χ4v) is 4.08. The molecule has 4 nitrogen and oxygen atoms in total. The van der Waals surface area contributed by atoms with Crippen LogP contribution in [0.4, 0.5) is 13.2 Å². The van der Waals surface area contributed by atoms with E-state index in [-0.39, 0.29) is 24.8 Å². The van der Waals surface area contributed by atoms with Gasteiger partial charge in [0, 0.05) is 25.1 Å². The summed E-state index contributed by atoms with van der Waals surface area (Å²) in [7, 11) is 0. The van der Waals surface area contributed by atoms with Gasteiger partial charge in [-0.15, -0.1) is 0 Å². The standard InChI is InChI=1S/C18H20F3NO3/c19-18(20,21)9-7-12-3-5-13(6-4-12)15(23)22-10-14-2-1-8-17(14,11-22)16(24)25/h3-6,14H,1-2,7-11H2,(H,24,25)/t14-,17+/m0/s1. The molecule has 2 fully saturated rings. The Morgan fingerprint density at radius 3 is 2.48 bits per heavy atom. The monoisotopic (exact) mass is 355 g/mol. The van der Waals surface area contributed by atoms with E-state index in [1.807, 2.05) is 0 Å². The molecule has 0 spiro atoms. The Morgan fingerprint density at radius 2 is 1.92 bits per heavy atom. The number of alkyl halides is 3. The lowest BCUT2D eigenvalue weighted by molar-refractivity contribution is -0.149. The third kappa shape index (κ3) is 3.50. The van der Waals surface area contributed by atoms with Crippen LogP contribution < -0.4 is 0 Å². The molecule has 7 heteroatoms. The Kier molecular flexibility index (Phi) is 4.51. The molecule has 0 radical (unpaired) electrons. The van der Waals surface area contributed by atoms with Crippen LogP contribution in [0.3, 0.4) is 0 Å². The van der Waals surface area contributed by atoms with Gasteiger partial charge in [0.15, 0.2) is 0 Å². The quantitative estimate of drug-likeness (QED) is 0.899. The first-order valence-corrected chi connectivity index (χ1v) is 8.40. The van der Waals surface area contributed by atoms with Crippen molar-refractivity contribution in [2.24, 2.45) is 11.3 Å². The molecule has 1 amide bonds. The van der Waals surface area contributed by atoms with Gasteiger partial charge in [0.05, 0.1) is 5.41 Å². The number of nitrogens with zero attached hydrogens (tertiary/aromatic N) is 1. The van der Waals surface area contributed by atoms with E-state index in [1.54, 1.807) is 4.90 Å². The van der Waals surface area contributed by atoms with E-state index in [0.29, 0.717) is 24.1 Å². The second-order valence-electron chi connectivity index (χ2n) is 7.05. The fourth-order valence-electron chi connectivity index (χ4n) is 4.08. The number of hydrogen-bond donors (Lipinski definition) is 1. The van der Waals surface area contributed by atoms with Gasteiger partial charge in [-0.2, -0.15) is 13.2 Å². The molecule has 0 unspecified atom stereocenters. The van der Waals surface area contributed by atoms with Gasteiger partial charge in [-0.05, 0) is 42.9 Å². The Labute approximate surface area is 143 Å². The topological polar surface area (TPSA) is 57.6 Å². The maximum absolute atomic E-state index is 12.6. The largest absolute Gasteiger partial charge is 0.481 e. The number of carboxylic acid groups (broad SMARTS) is 1. The lowest BCUT2D eigenvalue weighted by Crippen LogP contribution is -2.37. The molecule has 136 valence electrons. The molecule has 1 aromatic rings. The maximum atomic E-state index is 12.6. The average molecular weight is 355 g/mol. The molecule has 0 aromatic heterocycles. The van der Waals surface area contributed by atoms with Crippen LogP contribution in [-0.4, -0.2) is 41.1 Å². The molecule has 1 N–H and O–H groups in total. The van der Waals surface area contributed by atoms with Gasteiger partial charge in [-0.3, -0.25) is 9.59 Å². The van der Waals surface area contributed by atoms with Crippen molar-refractivity contribution in [3.63, 3.8) is 0 Å². The third-order valence-electron chi connectivity index (χ3n) is 5.48. The van der Waals surface area contributed by atoms with Crippen molar-refractivity contribution < 1.29 is 27.9 Å². The summed E-state index contributed by atoms with van der Waals surface area (Å²) in [5, 5.41) is 9.58. The highest BCUT2D eigenvalue weighted by atomic mass is 19.4. The number of carbonyl (C=O) groups is 2. The van der Waals surface area contributed by atoms with Crippen molar-refractivity contribution in [3.8, 4) is 0 Å². The summed E-state index contributed by atoms with van der Waals surface area (Å²) in [6.07, 6.45) is -2.94. The SMILES string of the molecule is O=C(c1ccc(CCC(F)(F)F)cc1)N1C[C@@H]2CCC[C@@]2(C(=O)O)C1. The molecule has 25 heavy (non-hydrogen) atoms. The molecule has 2 aliphatic rings. The van der Waals surface area contributed by atoms with Gasteiger partial charge in [0.2, 0.25) is 0 Å². The average Bonchev–Trinajstić information content (AvgIpc) is 3.10. The number of amides is 1. The summed E-state index contributed by atoms with van der Waals surface area (Å²) in [6.45, 7) is 0.641. The minimum atomic E-state index is -4.20. The Hall–Kier alpha value is -2.05. The Morgan fingerprint density at radius 1 is 1.24 bits per heavy atom. The van der Waals surface area contributed by atoms with Crippen LogP contribution in [0.5, 0.6) is 0 Å². The maximum Gasteiger partial charge on any atom is 0.389 e. The zero-order chi connectivity index (χ0) is 18.2. The van der Waals surface area contributed by atoms with Crippen molar-refractivity contribution in [1.82, 2.24) is 4.90 Å². The molecular formula is C18H20F3NO3. The summed E-state index contributed by atoms with van der Waals surface area (Å²) < 4.78 is 36.8. The van der Waals surface area contributed by atoms with Gasteiger partial charge >= 0.3 is 12.1 Å². The van der Waals surface area contributed by atoms with Crippen LogP contribution >= 0.6 is 0 Å². The van der Waals surface area contributed by atoms with E-state index >= 15 is 0 Å². The van der Waals surface area contributed by atoms with Crippen molar-refractivity contribution >= 4 is 11.9 Å². The van der Waals surface area contributed by atoms with Crippen LogP contribution in [0.1, 0.15) is 41.6 Å². The van der Waals surface area contributed by atoms with Crippen LogP contribution in [0.25, 0.3) is 0 Å². The van der Waals surface area contributed by atoms with E-state index in [1.165, 1.54) is 24.3 Å². The first-order valence-electron chi connectivity index (χ1n) is 8.40. The van der Waals surface area contributed by atoms with Crippen molar-refractivity contribution in [3.05, 3.63) is 35.4 Å². The lowest BCUT2D eigenvalue weighted by Gasteiger charge is -2.23. The number of likely N-dealkylation sites (tertiary alicyclic amines) is 1. The molecule has 1 aliphatic heterocycles. The van der Waals surface area contributed by atoms with E-state index < -0.39 is 24.0 Å². The van der Waals surface area contributed by atoms with E-state index in [0.717, 1.165) is 12.8 Å². The minimum absolute atomic E-state index is 0.0139. The summed E-state index contributed by atoms with van der Waals surface area (Å²) in [5.41, 5.74) is 0.0768. The number of carboxylic acids is 1. The Bertz CT molecular complexity index is 671. The summed E-state index contributed by atoms with van der Waals surface area (Å²) in [5.74, 6) is -1.11. The molecule has 1 aromatic carbocycles. The number of benzene rings is 1. The van der Waals surface area contributed by atoms with Gasteiger partial charge in [0.25, 0.3) is 5.91 Å². The number of aliphatic carboxylic acids is 1. The first-order chi connectivity index (χ1) is 11.7. The van der Waals surface area contributed by atoms with E-state index in [2.05, 4.69) is 0 Å². The summed E-state index contributed by atoms with van der Waals surface area (Å²) in [4.78, 5) is 25.9. The van der Waals surface area contributed by atoms with E-state index in [9.17, 15) is 27.9 Å². The summed E-state index contributed by atoms with van der Waals surface area (Å²) in [6, 6.07) is 6.11. The minimum Gasteiger partial charge on any atom is -0.481 e. The number of rotatable bonds is 4. The summed E-state index contributed by atoms with van der Waals surface area (Å²) >= 11 is 0. The van der Waals surface area contributed by atoms with E-state index in [4.69, 9.17) is 0 Å². The van der Waals surface area contributed by atoms with Gasteiger partial charge < -0.3 is 10.0 Å². The third-order valence-corrected chi connectivity index (χ3v) is 5.48. The predicted octanol–water partition coefficient (Wildman–Crippen LogP) is 3.51. The molecular weight excluding hydrogens is 335 g/mol. The van der Waals surface area contributed by atoms with Crippen molar-refractivity contribution in [2.45, 2.75) is 38.3 Å². The predicted molar refractivity (Wildman–Crippen MR) is 84.1 cm³/mol. The first kappa shape index (κ1) is 17.8. The molecule has 1 saturated carbocycles.